The van der Waals surface area contributed by atoms with Crippen LogP contribution in [-0.2, 0) is 11.2 Å². The predicted molar refractivity (Wildman–Crippen MR) is 66.4 cm³/mol. The SMILES string of the molecule is CN(CCC(F)(F)F)C(=O)[C@H](N)Cc1ccccc1. The molecule has 1 atom stereocenters. The molecule has 1 amide bonds. The van der Waals surface area contributed by atoms with E-state index in [1.165, 1.54) is 7.05 Å². The Bertz CT molecular complexity index is 406. The highest BCUT2D eigenvalue weighted by atomic mass is 19.4. The highest BCUT2D eigenvalue weighted by Crippen LogP contribution is 2.19. The molecule has 1 aromatic rings. The van der Waals surface area contributed by atoms with Crippen molar-refractivity contribution in [2.24, 2.45) is 5.73 Å². The van der Waals surface area contributed by atoms with Gasteiger partial charge in [-0.1, -0.05) is 30.3 Å². The second-order valence-corrected chi connectivity index (χ2v) is 4.42. The van der Waals surface area contributed by atoms with Gasteiger partial charge in [0.2, 0.25) is 5.91 Å². The van der Waals surface area contributed by atoms with Crippen LogP contribution < -0.4 is 5.73 Å². The normalized spacial score (nSPS) is 13.1. The first-order valence-corrected chi connectivity index (χ1v) is 5.91. The summed E-state index contributed by atoms with van der Waals surface area (Å²) in [6, 6.07) is 8.30. The quantitative estimate of drug-likeness (QED) is 0.892. The van der Waals surface area contributed by atoms with Gasteiger partial charge in [0.05, 0.1) is 12.5 Å². The highest BCUT2D eigenvalue weighted by molar-refractivity contribution is 5.81. The summed E-state index contributed by atoms with van der Waals surface area (Å²) in [5, 5.41) is 0. The molecular weight excluding hydrogens is 257 g/mol. The summed E-state index contributed by atoms with van der Waals surface area (Å²) in [6.45, 7) is -0.370. The Balaban J connectivity index is 2.48. The van der Waals surface area contributed by atoms with E-state index in [2.05, 4.69) is 0 Å². The van der Waals surface area contributed by atoms with Gasteiger partial charge >= 0.3 is 6.18 Å². The fourth-order valence-corrected chi connectivity index (χ4v) is 1.64. The molecule has 3 nitrogen and oxygen atoms in total. The van der Waals surface area contributed by atoms with Crippen LogP contribution in [0, 0.1) is 0 Å². The molecule has 1 rings (SSSR count). The zero-order valence-corrected chi connectivity index (χ0v) is 10.7. The fraction of sp³-hybridized carbons (Fsp3) is 0.462. The van der Waals surface area contributed by atoms with Crippen LogP contribution >= 0.6 is 0 Å². The summed E-state index contributed by atoms with van der Waals surface area (Å²) >= 11 is 0. The number of amides is 1. The van der Waals surface area contributed by atoms with E-state index >= 15 is 0 Å². The van der Waals surface area contributed by atoms with E-state index in [9.17, 15) is 18.0 Å². The molecule has 0 saturated carbocycles. The van der Waals surface area contributed by atoms with Crippen LogP contribution in [0.25, 0.3) is 0 Å². The van der Waals surface area contributed by atoms with E-state index in [0.717, 1.165) is 10.5 Å². The fourth-order valence-electron chi connectivity index (χ4n) is 1.64. The van der Waals surface area contributed by atoms with Crippen LogP contribution in [0.5, 0.6) is 0 Å². The molecule has 0 unspecified atom stereocenters. The number of rotatable bonds is 5. The number of carbonyl (C=O) groups excluding carboxylic acids is 1. The van der Waals surface area contributed by atoms with Crippen molar-refractivity contribution in [3.8, 4) is 0 Å². The molecule has 0 aliphatic rings. The maximum absolute atomic E-state index is 12.1. The third-order valence-corrected chi connectivity index (χ3v) is 2.72. The molecule has 0 bridgehead atoms. The summed E-state index contributed by atoms with van der Waals surface area (Å²) in [6.07, 6.45) is -4.97. The van der Waals surface area contributed by atoms with E-state index in [1.54, 1.807) is 0 Å². The van der Waals surface area contributed by atoms with Gasteiger partial charge in [-0.3, -0.25) is 4.79 Å². The Hall–Kier alpha value is -1.56. The third kappa shape index (κ3) is 5.74. The molecule has 2 N–H and O–H groups in total. The lowest BCUT2D eigenvalue weighted by Crippen LogP contribution is -2.44. The van der Waals surface area contributed by atoms with Crippen LogP contribution in [0.3, 0.4) is 0 Å². The minimum atomic E-state index is -4.27. The van der Waals surface area contributed by atoms with Crippen LogP contribution in [0.4, 0.5) is 13.2 Å². The Morgan fingerprint density at radius 3 is 2.42 bits per heavy atom. The minimum absolute atomic E-state index is 0.316. The number of nitrogens with two attached hydrogens (primary N) is 1. The zero-order chi connectivity index (χ0) is 14.5. The van der Waals surface area contributed by atoms with Crippen LogP contribution in [-0.4, -0.2) is 36.6 Å². The maximum atomic E-state index is 12.1. The van der Waals surface area contributed by atoms with Crippen LogP contribution in [0.1, 0.15) is 12.0 Å². The van der Waals surface area contributed by atoms with Crippen molar-refractivity contribution in [2.75, 3.05) is 13.6 Å². The molecule has 6 heteroatoms. The van der Waals surface area contributed by atoms with E-state index in [1.807, 2.05) is 30.3 Å². The third-order valence-electron chi connectivity index (χ3n) is 2.72. The van der Waals surface area contributed by atoms with Gasteiger partial charge in [-0.05, 0) is 12.0 Å². The van der Waals surface area contributed by atoms with Crippen molar-refractivity contribution in [3.63, 3.8) is 0 Å². The van der Waals surface area contributed by atoms with Crippen molar-refractivity contribution in [3.05, 3.63) is 35.9 Å². The van der Waals surface area contributed by atoms with Crippen molar-refractivity contribution in [1.82, 2.24) is 4.90 Å². The van der Waals surface area contributed by atoms with Gasteiger partial charge in [0.25, 0.3) is 0 Å². The lowest BCUT2D eigenvalue weighted by Gasteiger charge is -2.22. The Morgan fingerprint density at radius 2 is 1.89 bits per heavy atom. The lowest BCUT2D eigenvalue weighted by atomic mass is 10.1. The van der Waals surface area contributed by atoms with Crippen LogP contribution in [0.15, 0.2) is 30.3 Å². The molecule has 0 aromatic heterocycles. The van der Waals surface area contributed by atoms with Crippen molar-refractivity contribution < 1.29 is 18.0 Å². The summed E-state index contributed by atoms with van der Waals surface area (Å²) in [4.78, 5) is 12.8. The average molecular weight is 274 g/mol. The van der Waals surface area contributed by atoms with Crippen molar-refractivity contribution >= 4 is 5.91 Å². The first-order valence-electron chi connectivity index (χ1n) is 5.91. The van der Waals surface area contributed by atoms with E-state index in [-0.39, 0.29) is 6.54 Å². The van der Waals surface area contributed by atoms with Gasteiger partial charge in [-0.15, -0.1) is 0 Å². The topological polar surface area (TPSA) is 46.3 Å². The Labute approximate surface area is 110 Å². The number of benzene rings is 1. The number of likely N-dealkylation sites (N-methyl/N-ethyl adjacent to an activating group) is 1. The number of halogens is 3. The average Bonchev–Trinajstić information content (AvgIpc) is 2.35. The van der Waals surface area contributed by atoms with Gasteiger partial charge in [0, 0.05) is 13.6 Å². The van der Waals surface area contributed by atoms with Gasteiger partial charge in [0.15, 0.2) is 0 Å². The molecule has 106 valence electrons. The summed E-state index contributed by atoms with van der Waals surface area (Å²) in [5.41, 5.74) is 6.60. The number of nitrogens with zero attached hydrogens (tertiary/aromatic N) is 1. The first kappa shape index (κ1) is 15.5. The van der Waals surface area contributed by atoms with Gasteiger partial charge in [-0.2, -0.15) is 13.2 Å². The van der Waals surface area contributed by atoms with Gasteiger partial charge in [-0.25, -0.2) is 0 Å². The second-order valence-electron chi connectivity index (χ2n) is 4.42. The molecule has 0 aliphatic carbocycles. The number of carbonyl (C=O) groups is 1. The summed E-state index contributed by atoms with van der Waals surface area (Å²) in [7, 11) is 1.33. The molecule has 0 fully saturated rings. The minimum Gasteiger partial charge on any atom is -0.344 e. The second kappa shape index (κ2) is 6.56. The number of hydrogen-bond acceptors (Lipinski definition) is 2. The van der Waals surface area contributed by atoms with E-state index in [0.29, 0.717) is 6.42 Å². The monoisotopic (exact) mass is 274 g/mol. The van der Waals surface area contributed by atoms with E-state index < -0.39 is 24.5 Å². The van der Waals surface area contributed by atoms with Gasteiger partial charge < -0.3 is 10.6 Å². The Kier molecular flexibility index (Phi) is 5.35. The summed E-state index contributed by atoms with van der Waals surface area (Å²) < 4.78 is 36.2. The van der Waals surface area contributed by atoms with Crippen molar-refractivity contribution in [1.29, 1.82) is 0 Å². The largest absolute Gasteiger partial charge is 0.390 e. The molecule has 0 saturated heterocycles. The molecule has 0 spiro atoms. The van der Waals surface area contributed by atoms with Crippen molar-refractivity contribution in [2.45, 2.75) is 25.1 Å². The standard InChI is InChI=1S/C13H17F3N2O/c1-18(8-7-13(14,15)16)12(19)11(17)9-10-5-3-2-4-6-10/h2-6,11H,7-9,17H2,1H3/t11-/m1/s1. The smallest absolute Gasteiger partial charge is 0.344 e. The Morgan fingerprint density at radius 1 is 1.32 bits per heavy atom. The molecule has 0 radical (unpaired) electrons. The molecule has 0 heterocycles. The molecule has 0 aliphatic heterocycles. The summed E-state index contributed by atoms with van der Waals surface area (Å²) in [5.74, 6) is -0.479. The molecule has 1 aromatic carbocycles. The van der Waals surface area contributed by atoms with Gasteiger partial charge in [0.1, 0.15) is 0 Å². The molecular formula is C13H17F3N2O. The predicted octanol–water partition coefficient (Wildman–Crippen LogP) is 1.97. The first-order chi connectivity index (χ1) is 8.79. The maximum Gasteiger partial charge on any atom is 0.390 e. The lowest BCUT2D eigenvalue weighted by molar-refractivity contribution is -0.144. The number of alkyl halides is 3. The van der Waals surface area contributed by atoms with E-state index in [4.69, 9.17) is 5.73 Å². The molecule has 19 heavy (non-hydrogen) atoms. The zero-order valence-electron chi connectivity index (χ0n) is 10.7. The van der Waals surface area contributed by atoms with Crippen LogP contribution in [0.2, 0.25) is 0 Å². The number of hydrogen-bond donors (Lipinski definition) is 1. The highest BCUT2D eigenvalue weighted by Gasteiger charge is 2.29.